The van der Waals surface area contributed by atoms with Crippen molar-refractivity contribution in [2.24, 2.45) is 5.92 Å². The Hall–Kier alpha value is -5.66. The first-order valence-corrected chi connectivity index (χ1v) is 15.8. The van der Waals surface area contributed by atoms with Crippen LogP contribution in [0.2, 0.25) is 0 Å². The molecule has 0 spiro atoms. The number of rotatable bonds is 15. The molecule has 5 atom stereocenters. The average molecular weight is 688 g/mol. The first kappa shape index (κ1) is 35.6. The van der Waals surface area contributed by atoms with Crippen LogP contribution in [0.5, 0.6) is 5.75 Å². The van der Waals surface area contributed by atoms with E-state index >= 15 is 0 Å². The Morgan fingerprint density at radius 2 is 1.44 bits per heavy atom. The van der Waals surface area contributed by atoms with Crippen molar-refractivity contribution in [2.75, 3.05) is 18.1 Å². The molecule has 0 aliphatic carbocycles. The van der Waals surface area contributed by atoms with Crippen molar-refractivity contribution in [3.8, 4) is 5.75 Å². The van der Waals surface area contributed by atoms with Gasteiger partial charge in [0, 0.05) is 5.69 Å². The summed E-state index contributed by atoms with van der Waals surface area (Å²) in [7, 11) is 0. The zero-order chi connectivity index (χ0) is 35.8. The molecule has 4 aromatic rings. The van der Waals surface area contributed by atoms with E-state index in [1.165, 1.54) is 48.5 Å². The number of aliphatic carboxylic acids is 1. The fourth-order valence-electron chi connectivity index (χ4n) is 5.79. The maximum atomic E-state index is 13.7. The summed E-state index contributed by atoms with van der Waals surface area (Å²) >= 11 is 0. The predicted octanol–water partition coefficient (Wildman–Crippen LogP) is 3.98. The van der Waals surface area contributed by atoms with Gasteiger partial charge < -0.3 is 35.6 Å². The number of benzene rings is 4. The normalized spacial score (nSPS) is 17.2. The Kier molecular flexibility index (Phi) is 11.5. The van der Waals surface area contributed by atoms with Crippen molar-refractivity contribution in [3.05, 3.63) is 131 Å². The van der Waals surface area contributed by atoms with Crippen LogP contribution in [0.25, 0.3) is 0 Å². The number of nitrogens with zero attached hydrogens (tertiary/aromatic N) is 1. The minimum atomic E-state index is -1.57. The quantitative estimate of drug-likeness (QED) is 0.117. The van der Waals surface area contributed by atoms with Crippen LogP contribution in [-0.2, 0) is 19.2 Å². The SMILES string of the molecule is O=C(COc1ccc(C2C(CCC(O)c3ccc(F)cc3)C(=O)N2c2ccc(F)cc2)cc1)N[C@@H](C(=O)N[C@@H](CO)C(=O)O)c1ccccc1. The van der Waals surface area contributed by atoms with E-state index in [4.69, 9.17) is 4.74 Å². The van der Waals surface area contributed by atoms with Crippen LogP contribution in [0.1, 0.15) is 47.7 Å². The maximum absolute atomic E-state index is 13.7. The molecule has 1 aliphatic rings. The second kappa shape index (κ2) is 16.2. The van der Waals surface area contributed by atoms with Gasteiger partial charge in [-0.15, -0.1) is 0 Å². The molecule has 260 valence electrons. The number of carbonyl (C=O) groups excluding carboxylic acids is 3. The van der Waals surface area contributed by atoms with E-state index in [1.54, 1.807) is 59.5 Å². The Balaban J connectivity index is 1.26. The van der Waals surface area contributed by atoms with E-state index < -0.39 is 72.8 Å². The molecule has 1 heterocycles. The van der Waals surface area contributed by atoms with Crippen molar-refractivity contribution in [1.29, 1.82) is 0 Å². The number of ether oxygens (including phenoxy) is 1. The van der Waals surface area contributed by atoms with Crippen LogP contribution in [0.3, 0.4) is 0 Å². The monoisotopic (exact) mass is 687 g/mol. The van der Waals surface area contributed by atoms with Crippen molar-refractivity contribution >= 4 is 29.4 Å². The summed E-state index contributed by atoms with van der Waals surface area (Å²) in [6, 6.07) is 22.6. The van der Waals surface area contributed by atoms with Crippen molar-refractivity contribution in [3.63, 3.8) is 0 Å². The Labute approximate surface area is 286 Å². The summed E-state index contributed by atoms with van der Waals surface area (Å²) in [5.41, 5.74) is 2.13. The third-order valence-corrected chi connectivity index (χ3v) is 8.41. The average Bonchev–Trinajstić information content (AvgIpc) is 3.12. The first-order valence-electron chi connectivity index (χ1n) is 15.8. The number of carbonyl (C=O) groups is 4. The highest BCUT2D eigenvalue weighted by atomic mass is 19.1. The van der Waals surface area contributed by atoms with Gasteiger partial charge in [0.25, 0.3) is 5.91 Å². The summed E-state index contributed by atoms with van der Waals surface area (Å²) in [5.74, 6) is -4.24. The smallest absolute Gasteiger partial charge is 0.328 e. The lowest BCUT2D eigenvalue weighted by molar-refractivity contribution is -0.143. The largest absolute Gasteiger partial charge is 0.484 e. The number of aliphatic hydroxyl groups excluding tert-OH is 2. The number of amides is 3. The number of anilines is 1. The molecule has 0 saturated carbocycles. The van der Waals surface area contributed by atoms with Crippen molar-refractivity contribution in [1.82, 2.24) is 10.6 Å². The van der Waals surface area contributed by atoms with Crippen LogP contribution in [0.15, 0.2) is 103 Å². The van der Waals surface area contributed by atoms with Gasteiger partial charge in [0.1, 0.15) is 29.5 Å². The third kappa shape index (κ3) is 8.49. The number of carboxylic acid groups (broad SMARTS) is 1. The van der Waals surface area contributed by atoms with Gasteiger partial charge in [0.15, 0.2) is 6.61 Å². The number of aliphatic hydroxyl groups is 2. The van der Waals surface area contributed by atoms with Gasteiger partial charge in [-0.25, -0.2) is 13.6 Å². The Morgan fingerprint density at radius 1 is 0.820 bits per heavy atom. The topological polar surface area (TPSA) is 165 Å². The lowest BCUT2D eigenvalue weighted by Gasteiger charge is -2.48. The molecule has 4 aromatic carbocycles. The maximum Gasteiger partial charge on any atom is 0.328 e. The summed E-state index contributed by atoms with van der Waals surface area (Å²) < 4.78 is 32.7. The lowest BCUT2D eigenvalue weighted by atomic mass is 9.78. The van der Waals surface area contributed by atoms with E-state index in [2.05, 4.69) is 10.6 Å². The molecule has 1 fully saturated rings. The molecule has 0 bridgehead atoms. The zero-order valence-electron chi connectivity index (χ0n) is 26.6. The van der Waals surface area contributed by atoms with E-state index in [0.717, 1.165) is 5.56 Å². The fourth-order valence-corrected chi connectivity index (χ4v) is 5.79. The molecule has 0 aromatic heterocycles. The van der Waals surface area contributed by atoms with Gasteiger partial charge in [0.2, 0.25) is 11.8 Å². The molecule has 3 amide bonds. The van der Waals surface area contributed by atoms with Gasteiger partial charge in [0.05, 0.1) is 24.7 Å². The van der Waals surface area contributed by atoms with Crippen LogP contribution in [0.4, 0.5) is 14.5 Å². The number of halogens is 2. The first-order chi connectivity index (χ1) is 24.0. The lowest BCUT2D eigenvalue weighted by Crippen LogP contribution is -2.55. The van der Waals surface area contributed by atoms with Crippen molar-refractivity contribution < 1.29 is 48.0 Å². The molecule has 1 aliphatic heterocycles. The van der Waals surface area contributed by atoms with Crippen LogP contribution < -0.4 is 20.3 Å². The van der Waals surface area contributed by atoms with Crippen LogP contribution in [0, 0.1) is 17.6 Å². The van der Waals surface area contributed by atoms with Gasteiger partial charge >= 0.3 is 5.97 Å². The molecule has 0 radical (unpaired) electrons. The molecule has 13 heteroatoms. The van der Waals surface area contributed by atoms with E-state index in [0.29, 0.717) is 29.0 Å². The summed E-state index contributed by atoms with van der Waals surface area (Å²) in [6.45, 7) is -1.34. The summed E-state index contributed by atoms with van der Waals surface area (Å²) in [6.07, 6.45) is -0.350. The summed E-state index contributed by atoms with van der Waals surface area (Å²) in [4.78, 5) is 52.0. The Morgan fingerprint density at radius 3 is 2.04 bits per heavy atom. The number of hydrogen-bond acceptors (Lipinski definition) is 7. The van der Waals surface area contributed by atoms with Crippen LogP contribution >= 0.6 is 0 Å². The van der Waals surface area contributed by atoms with E-state index in [-0.39, 0.29) is 12.3 Å². The van der Waals surface area contributed by atoms with E-state index in [1.807, 2.05) is 0 Å². The van der Waals surface area contributed by atoms with E-state index in [9.17, 15) is 43.3 Å². The molecule has 5 N–H and O–H groups in total. The number of nitrogens with one attached hydrogen (secondary N) is 2. The molecule has 11 nitrogen and oxygen atoms in total. The van der Waals surface area contributed by atoms with Gasteiger partial charge in [-0.3, -0.25) is 14.4 Å². The minimum Gasteiger partial charge on any atom is -0.484 e. The molecular weight excluding hydrogens is 652 g/mol. The summed E-state index contributed by atoms with van der Waals surface area (Å²) in [5, 5.41) is 34.0. The van der Waals surface area contributed by atoms with Crippen molar-refractivity contribution in [2.45, 2.75) is 37.1 Å². The highest BCUT2D eigenvalue weighted by Crippen LogP contribution is 2.46. The van der Waals surface area contributed by atoms with Gasteiger partial charge in [-0.1, -0.05) is 54.6 Å². The number of hydrogen-bond donors (Lipinski definition) is 5. The predicted molar refractivity (Wildman–Crippen MR) is 177 cm³/mol. The molecule has 3 unspecified atom stereocenters. The van der Waals surface area contributed by atoms with Crippen LogP contribution in [-0.4, -0.2) is 58.3 Å². The number of carboxylic acids is 1. The Bertz CT molecular complexity index is 1790. The molecule has 50 heavy (non-hydrogen) atoms. The highest BCUT2D eigenvalue weighted by molar-refractivity contribution is 6.03. The fraction of sp³-hybridized carbons (Fsp3) is 0.243. The highest BCUT2D eigenvalue weighted by Gasteiger charge is 2.48. The third-order valence-electron chi connectivity index (χ3n) is 8.41. The number of β-lactam (4-membered cyclic amide) rings is 1. The molecule has 5 rings (SSSR count). The van der Waals surface area contributed by atoms with Gasteiger partial charge in [-0.05, 0) is 78.1 Å². The van der Waals surface area contributed by atoms with Gasteiger partial charge in [-0.2, -0.15) is 0 Å². The standard InChI is InChI=1S/C37H35F2N3O8/c38-25-10-6-22(7-11-25)31(44)19-18-29-34(42(36(29)47)27-14-12-26(39)13-15-27)24-8-16-28(17-9-24)50-21-32(45)41-33(23-4-2-1-3-5-23)35(46)40-30(20-43)37(48)49/h1-17,29-31,33-34,43-44H,18-21H2,(H,40,46)(H,41,45)(H,48,49)/t29?,30-,31?,33+,34?/m0/s1. The molecular formula is C37H35F2N3O8. The minimum absolute atomic E-state index is 0.199. The zero-order valence-corrected chi connectivity index (χ0v) is 26.6. The molecule has 1 saturated heterocycles. The second-order valence-corrected chi connectivity index (χ2v) is 11.7. The second-order valence-electron chi connectivity index (χ2n) is 11.7.